The van der Waals surface area contributed by atoms with Crippen molar-refractivity contribution in [3.8, 4) is 0 Å². The van der Waals surface area contributed by atoms with E-state index in [1.807, 2.05) is 30.3 Å². The molecule has 1 fully saturated rings. The fourth-order valence-corrected chi connectivity index (χ4v) is 2.45. The average Bonchev–Trinajstić information content (AvgIpc) is 2.40. The van der Waals surface area contributed by atoms with E-state index in [2.05, 4.69) is 22.5 Å². The molecule has 1 atom stereocenters. The van der Waals surface area contributed by atoms with Gasteiger partial charge in [-0.1, -0.05) is 18.2 Å². The van der Waals surface area contributed by atoms with Crippen LogP contribution in [0.2, 0.25) is 0 Å². The molecule has 1 saturated heterocycles. The summed E-state index contributed by atoms with van der Waals surface area (Å²) in [5, 5.41) is 7.17. The maximum atomic E-state index is 5.34. The minimum absolute atomic E-state index is 0.321. The lowest BCUT2D eigenvalue weighted by Crippen LogP contribution is -2.46. The molecule has 19 heavy (non-hydrogen) atoms. The van der Waals surface area contributed by atoms with Gasteiger partial charge in [-0.2, -0.15) is 0 Å². The summed E-state index contributed by atoms with van der Waals surface area (Å²) >= 11 is 5.31. The van der Waals surface area contributed by atoms with Gasteiger partial charge in [0.05, 0.1) is 13.2 Å². The molecule has 0 amide bonds. The SMILES string of the molecule is CC(CN1CCOCC1)NC(=S)Nc1ccccc1. The number of anilines is 1. The van der Waals surface area contributed by atoms with Crippen molar-refractivity contribution in [1.82, 2.24) is 10.2 Å². The minimum atomic E-state index is 0.321. The van der Waals surface area contributed by atoms with Crippen LogP contribution in [0.15, 0.2) is 30.3 Å². The highest BCUT2D eigenvalue weighted by molar-refractivity contribution is 7.80. The number of rotatable bonds is 4. The summed E-state index contributed by atoms with van der Waals surface area (Å²) in [6.07, 6.45) is 0. The van der Waals surface area contributed by atoms with E-state index in [9.17, 15) is 0 Å². The van der Waals surface area contributed by atoms with Gasteiger partial charge in [0, 0.05) is 31.4 Å². The maximum Gasteiger partial charge on any atom is 0.171 e. The van der Waals surface area contributed by atoms with Gasteiger partial charge >= 0.3 is 0 Å². The van der Waals surface area contributed by atoms with Gasteiger partial charge in [0.2, 0.25) is 0 Å². The Balaban J connectivity index is 1.72. The van der Waals surface area contributed by atoms with Crippen molar-refractivity contribution in [3.05, 3.63) is 30.3 Å². The van der Waals surface area contributed by atoms with Gasteiger partial charge in [-0.15, -0.1) is 0 Å². The largest absolute Gasteiger partial charge is 0.379 e. The lowest BCUT2D eigenvalue weighted by atomic mass is 10.3. The zero-order valence-corrected chi connectivity index (χ0v) is 12.1. The number of hydrogen-bond acceptors (Lipinski definition) is 3. The second kappa shape index (κ2) is 7.43. The molecule has 1 heterocycles. The van der Waals surface area contributed by atoms with Crippen LogP contribution in [0, 0.1) is 0 Å². The summed E-state index contributed by atoms with van der Waals surface area (Å²) in [6, 6.07) is 10.3. The zero-order chi connectivity index (χ0) is 13.5. The van der Waals surface area contributed by atoms with Crippen LogP contribution in [0.1, 0.15) is 6.92 Å². The molecule has 0 bridgehead atoms. The fourth-order valence-electron chi connectivity index (χ4n) is 2.13. The Morgan fingerprint density at radius 2 is 2.00 bits per heavy atom. The number of nitrogens with one attached hydrogen (secondary N) is 2. The van der Waals surface area contributed by atoms with Gasteiger partial charge < -0.3 is 15.4 Å². The molecule has 1 aliphatic rings. The third kappa shape index (κ3) is 5.14. The minimum Gasteiger partial charge on any atom is -0.379 e. The summed E-state index contributed by atoms with van der Waals surface area (Å²) in [5.74, 6) is 0. The van der Waals surface area contributed by atoms with Crippen LogP contribution in [-0.4, -0.2) is 48.9 Å². The molecule has 0 radical (unpaired) electrons. The Labute approximate surface area is 120 Å². The zero-order valence-electron chi connectivity index (χ0n) is 11.3. The Bertz CT molecular complexity index is 393. The van der Waals surface area contributed by atoms with Crippen LogP contribution >= 0.6 is 12.2 Å². The van der Waals surface area contributed by atoms with Gasteiger partial charge in [-0.3, -0.25) is 4.90 Å². The van der Waals surface area contributed by atoms with Crippen molar-refractivity contribution in [2.45, 2.75) is 13.0 Å². The van der Waals surface area contributed by atoms with Crippen molar-refractivity contribution < 1.29 is 4.74 Å². The lowest BCUT2D eigenvalue weighted by Gasteiger charge is -2.29. The standard InChI is InChI=1S/C14H21N3OS/c1-12(11-17-7-9-18-10-8-17)15-14(19)16-13-5-3-2-4-6-13/h2-6,12H,7-11H2,1H3,(H2,15,16,19). The van der Waals surface area contributed by atoms with E-state index in [1.54, 1.807) is 0 Å². The third-order valence-corrected chi connectivity index (χ3v) is 3.26. The van der Waals surface area contributed by atoms with Gasteiger partial charge in [0.25, 0.3) is 0 Å². The normalized spacial score (nSPS) is 17.7. The first-order chi connectivity index (χ1) is 9.24. The number of nitrogens with zero attached hydrogens (tertiary/aromatic N) is 1. The highest BCUT2D eigenvalue weighted by Gasteiger charge is 2.14. The topological polar surface area (TPSA) is 36.5 Å². The average molecular weight is 279 g/mol. The molecule has 104 valence electrons. The second-order valence-electron chi connectivity index (χ2n) is 4.78. The summed E-state index contributed by atoms with van der Waals surface area (Å²) in [6.45, 7) is 6.81. The van der Waals surface area contributed by atoms with Gasteiger partial charge in [0.15, 0.2) is 5.11 Å². The van der Waals surface area contributed by atoms with Crippen LogP contribution in [0.4, 0.5) is 5.69 Å². The Morgan fingerprint density at radius 3 is 2.68 bits per heavy atom. The first-order valence-electron chi connectivity index (χ1n) is 6.67. The molecular formula is C14H21N3OS. The molecule has 0 aromatic heterocycles. The van der Waals surface area contributed by atoms with E-state index < -0.39 is 0 Å². The molecule has 1 aromatic carbocycles. The van der Waals surface area contributed by atoms with Crippen LogP contribution in [-0.2, 0) is 4.74 Å². The molecular weight excluding hydrogens is 258 g/mol. The van der Waals surface area contributed by atoms with Gasteiger partial charge in [-0.05, 0) is 31.3 Å². The van der Waals surface area contributed by atoms with Gasteiger partial charge in [0.1, 0.15) is 0 Å². The monoisotopic (exact) mass is 279 g/mol. The maximum absolute atomic E-state index is 5.34. The molecule has 0 spiro atoms. The van der Waals surface area contributed by atoms with E-state index >= 15 is 0 Å². The number of ether oxygens (including phenoxy) is 1. The summed E-state index contributed by atoms with van der Waals surface area (Å²) < 4.78 is 5.34. The van der Waals surface area contributed by atoms with Crippen LogP contribution < -0.4 is 10.6 Å². The van der Waals surface area contributed by atoms with Crippen LogP contribution in [0.25, 0.3) is 0 Å². The number of morpholine rings is 1. The van der Waals surface area contributed by atoms with E-state index in [1.165, 1.54) is 0 Å². The van der Waals surface area contributed by atoms with Crippen molar-refractivity contribution in [2.75, 3.05) is 38.2 Å². The van der Waals surface area contributed by atoms with Crippen molar-refractivity contribution in [2.24, 2.45) is 0 Å². The molecule has 2 N–H and O–H groups in total. The van der Waals surface area contributed by atoms with Crippen LogP contribution in [0.3, 0.4) is 0 Å². The molecule has 5 heteroatoms. The van der Waals surface area contributed by atoms with E-state index in [0.29, 0.717) is 11.2 Å². The smallest absolute Gasteiger partial charge is 0.171 e. The number of hydrogen-bond donors (Lipinski definition) is 2. The Morgan fingerprint density at radius 1 is 1.32 bits per heavy atom. The van der Waals surface area contributed by atoms with E-state index in [4.69, 9.17) is 17.0 Å². The molecule has 1 unspecified atom stereocenters. The van der Waals surface area contributed by atoms with Crippen molar-refractivity contribution in [1.29, 1.82) is 0 Å². The Kier molecular flexibility index (Phi) is 5.57. The van der Waals surface area contributed by atoms with Crippen LogP contribution in [0.5, 0.6) is 0 Å². The predicted molar refractivity (Wildman–Crippen MR) is 82.5 cm³/mol. The number of benzene rings is 1. The molecule has 0 saturated carbocycles. The van der Waals surface area contributed by atoms with Gasteiger partial charge in [-0.25, -0.2) is 0 Å². The lowest BCUT2D eigenvalue weighted by molar-refractivity contribution is 0.0353. The van der Waals surface area contributed by atoms with Crippen molar-refractivity contribution >= 4 is 23.0 Å². The predicted octanol–water partition coefficient (Wildman–Crippen LogP) is 1.69. The molecule has 4 nitrogen and oxygen atoms in total. The quantitative estimate of drug-likeness (QED) is 0.820. The number of para-hydroxylation sites is 1. The first kappa shape index (κ1) is 14.2. The molecule has 1 aliphatic heterocycles. The number of thiocarbonyl (C=S) groups is 1. The summed E-state index contributed by atoms with van der Waals surface area (Å²) in [4.78, 5) is 2.40. The molecule has 1 aromatic rings. The van der Waals surface area contributed by atoms with Crippen molar-refractivity contribution in [3.63, 3.8) is 0 Å². The molecule has 2 rings (SSSR count). The first-order valence-corrected chi connectivity index (χ1v) is 7.07. The highest BCUT2D eigenvalue weighted by atomic mass is 32.1. The highest BCUT2D eigenvalue weighted by Crippen LogP contribution is 2.05. The molecule has 0 aliphatic carbocycles. The third-order valence-electron chi connectivity index (χ3n) is 3.04. The Hall–Kier alpha value is -1.17. The summed E-state index contributed by atoms with van der Waals surface area (Å²) in [5.41, 5.74) is 1.01. The fraction of sp³-hybridized carbons (Fsp3) is 0.500. The second-order valence-corrected chi connectivity index (χ2v) is 5.19. The summed E-state index contributed by atoms with van der Waals surface area (Å²) in [7, 11) is 0. The van der Waals surface area contributed by atoms with E-state index in [-0.39, 0.29) is 0 Å². The van der Waals surface area contributed by atoms with E-state index in [0.717, 1.165) is 38.5 Å².